The Labute approximate surface area is 130 Å². The molecule has 0 radical (unpaired) electrons. The molecule has 98 valence electrons. The van der Waals surface area contributed by atoms with Crippen LogP contribution in [0.15, 0.2) is 48.5 Å². The van der Waals surface area contributed by atoms with Crippen molar-refractivity contribution >= 4 is 51.5 Å². The topological polar surface area (TPSA) is 41.1 Å². The third kappa shape index (κ3) is 4.40. The molecule has 0 bridgehead atoms. The number of hydrogen-bond donors (Lipinski definition) is 2. The van der Waals surface area contributed by atoms with Gasteiger partial charge in [0.1, 0.15) is 0 Å². The highest BCUT2D eigenvalue weighted by molar-refractivity contribution is 14.1. The van der Waals surface area contributed by atoms with Crippen molar-refractivity contribution < 1.29 is 4.79 Å². The highest BCUT2D eigenvalue weighted by Gasteiger charge is 2.04. The van der Waals surface area contributed by atoms with Gasteiger partial charge in [-0.2, -0.15) is 0 Å². The van der Waals surface area contributed by atoms with Gasteiger partial charge in [-0.05, 0) is 52.9 Å². The van der Waals surface area contributed by atoms with Crippen LogP contribution in [0.5, 0.6) is 0 Å². The van der Waals surface area contributed by atoms with E-state index in [-0.39, 0.29) is 12.5 Å². The number of carbonyl (C=O) groups is 1. The normalized spacial score (nSPS) is 10.0. The van der Waals surface area contributed by atoms with Crippen LogP contribution in [0.2, 0.25) is 5.02 Å². The highest BCUT2D eigenvalue weighted by Crippen LogP contribution is 2.22. The van der Waals surface area contributed by atoms with Crippen LogP contribution in [0.25, 0.3) is 0 Å². The lowest BCUT2D eigenvalue weighted by Crippen LogP contribution is -2.22. The van der Waals surface area contributed by atoms with E-state index in [9.17, 15) is 4.79 Å². The minimum atomic E-state index is -0.0862. The Bertz CT molecular complexity index is 575. The van der Waals surface area contributed by atoms with Gasteiger partial charge in [-0.15, -0.1) is 0 Å². The summed E-state index contributed by atoms with van der Waals surface area (Å²) in [6.07, 6.45) is 0. The van der Waals surface area contributed by atoms with Crippen molar-refractivity contribution in [3.8, 4) is 0 Å². The maximum Gasteiger partial charge on any atom is 0.243 e. The van der Waals surface area contributed by atoms with Crippen molar-refractivity contribution in [3.63, 3.8) is 0 Å². The fraction of sp³-hybridized carbons (Fsp3) is 0.0714. The van der Waals surface area contributed by atoms with Crippen LogP contribution in [0.4, 0.5) is 11.4 Å². The summed E-state index contributed by atoms with van der Waals surface area (Å²) in [4.78, 5) is 11.8. The Hall–Kier alpha value is -1.27. The van der Waals surface area contributed by atoms with E-state index in [4.69, 9.17) is 11.6 Å². The van der Waals surface area contributed by atoms with Crippen molar-refractivity contribution in [1.29, 1.82) is 0 Å². The van der Waals surface area contributed by atoms with Crippen LogP contribution in [0.3, 0.4) is 0 Å². The first kappa shape index (κ1) is 14.1. The lowest BCUT2D eigenvalue weighted by molar-refractivity contribution is -0.114. The Balaban J connectivity index is 1.90. The number of nitrogens with one attached hydrogen (secondary N) is 2. The standard InChI is InChI=1S/C14H12ClIN2O/c15-10-6-7-13(12(16)8-10)17-9-14(19)18-11-4-2-1-3-5-11/h1-8,17H,9H2,(H,18,19). The molecule has 1 amide bonds. The van der Waals surface area contributed by atoms with Crippen LogP contribution in [-0.2, 0) is 4.79 Å². The van der Waals surface area contributed by atoms with Gasteiger partial charge in [0, 0.05) is 20.0 Å². The maximum atomic E-state index is 11.8. The lowest BCUT2D eigenvalue weighted by Gasteiger charge is -2.09. The summed E-state index contributed by atoms with van der Waals surface area (Å²) in [5, 5.41) is 6.58. The van der Waals surface area contributed by atoms with E-state index in [2.05, 4.69) is 33.2 Å². The van der Waals surface area contributed by atoms with E-state index >= 15 is 0 Å². The molecule has 3 nitrogen and oxygen atoms in total. The number of carbonyl (C=O) groups excluding carboxylic acids is 1. The maximum absolute atomic E-state index is 11.8. The Morgan fingerprint density at radius 1 is 1.16 bits per heavy atom. The fourth-order valence-corrected chi connectivity index (χ4v) is 2.60. The second-order valence-electron chi connectivity index (χ2n) is 3.89. The van der Waals surface area contributed by atoms with Gasteiger partial charge in [0.25, 0.3) is 0 Å². The number of amides is 1. The molecule has 19 heavy (non-hydrogen) atoms. The van der Waals surface area contributed by atoms with Crippen molar-refractivity contribution in [2.24, 2.45) is 0 Å². The number of hydrogen-bond acceptors (Lipinski definition) is 2. The van der Waals surface area contributed by atoms with Gasteiger partial charge in [-0.3, -0.25) is 4.79 Å². The van der Waals surface area contributed by atoms with Crippen molar-refractivity contribution in [2.75, 3.05) is 17.2 Å². The smallest absolute Gasteiger partial charge is 0.243 e. The molecular weight excluding hydrogens is 375 g/mol. The van der Waals surface area contributed by atoms with E-state index in [1.54, 1.807) is 6.07 Å². The number of halogens is 2. The zero-order valence-electron chi connectivity index (χ0n) is 9.99. The molecule has 0 heterocycles. The lowest BCUT2D eigenvalue weighted by atomic mass is 10.3. The zero-order chi connectivity index (χ0) is 13.7. The molecule has 0 fully saturated rings. The van der Waals surface area contributed by atoms with E-state index in [0.29, 0.717) is 5.02 Å². The van der Waals surface area contributed by atoms with Crippen LogP contribution < -0.4 is 10.6 Å². The van der Waals surface area contributed by atoms with E-state index in [1.165, 1.54) is 0 Å². The molecule has 0 aliphatic heterocycles. The number of rotatable bonds is 4. The Morgan fingerprint density at radius 2 is 1.89 bits per heavy atom. The van der Waals surface area contributed by atoms with Gasteiger partial charge in [0.2, 0.25) is 5.91 Å². The number of anilines is 2. The van der Waals surface area contributed by atoms with Crippen molar-refractivity contribution in [2.45, 2.75) is 0 Å². The highest BCUT2D eigenvalue weighted by atomic mass is 127. The van der Waals surface area contributed by atoms with Gasteiger partial charge in [-0.25, -0.2) is 0 Å². The molecule has 2 aromatic carbocycles. The van der Waals surface area contributed by atoms with Gasteiger partial charge in [-0.1, -0.05) is 29.8 Å². The quantitative estimate of drug-likeness (QED) is 0.780. The summed E-state index contributed by atoms with van der Waals surface area (Å²) >= 11 is 8.05. The Morgan fingerprint density at radius 3 is 2.58 bits per heavy atom. The van der Waals surface area contributed by atoms with Crippen LogP contribution in [0, 0.1) is 3.57 Å². The average molecular weight is 387 g/mol. The van der Waals surface area contributed by atoms with Crippen LogP contribution in [-0.4, -0.2) is 12.5 Å². The number of benzene rings is 2. The zero-order valence-corrected chi connectivity index (χ0v) is 12.9. The molecule has 0 unspecified atom stereocenters. The van der Waals surface area contributed by atoms with Crippen LogP contribution >= 0.6 is 34.2 Å². The molecule has 2 N–H and O–H groups in total. The minimum Gasteiger partial charge on any atom is -0.375 e. The molecule has 5 heteroatoms. The SMILES string of the molecule is O=C(CNc1ccc(Cl)cc1I)Nc1ccccc1. The second kappa shape index (κ2) is 6.77. The van der Waals surface area contributed by atoms with E-state index < -0.39 is 0 Å². The molecule has 0 aliphatic rings. The van der Waals surface area contributed by atoms with Crippen molar-refractivity contribution in [3.05, 3.63) is 57.1 Å². The summed E-state index contributed by atoms with van der Waals surface area (Å²) in [5.41, 5.74) is 1.69. The van der Waals surface area contributed by atoms with Gasteiger partial charge in [0.15, 0.2) is 0 Å². The molecule has 2 rings (SSSR count). The predicted molar refractivity (Wildman–Crippen MR) is 87.7 cm³/mol. The third-order valence-electron chi connectivity index (χ3n) is 2.43. The molecule has 2 aromatic rings. The summed E-state index contributed by atoms with van der Waals surface area (Å²) in [5.74, 6) is -0.0862. The van der Waals surface area contributed by atoms with Gasteiger partial charge >= 0.3 is 0 Å². The molecular formula is C14H12ClIN2O. The monoisotopic (exact) mass is 386 g/mol. The molecule has 0 aliphatic carbocycles. The molecule has 0 saturated heterocycles. The van der Waals surface area contributed by atoms with E-state index in [0.717, 1.165) is 14.9 Å². The minimum absolute atomic E-state index is 0.0862. The predicted octanol–water partition coefficient (Wildman–Crippen LogP) is 4.00. The third-order valence-corrected chi connectivity index (χ3v) is 3.56. The molecule has 0 atom stereocenters. The summed E-state index contributed by atoms with van der Waals surface area (Å²) in [6.45, 7) is 0.215. The van der Waals surface area contributed by atoms with E-state index in [1.807, 2.05) is 42.5 Å². The molecule has 0 saturated carbocycles. The van der Waals surface area contributed by atoms with Crippen molar-refractivity contribution in [1.82, 2.24) is 0 Å². The summed E-state index contributed by atoms with van der Waals surface area (Å²) in [7, 11) is 0. The Kier molecular flexibility index (Phi) is 5.04. The molecule has 0 aromatic heterocycles. The first-order chi connectivity index (χ1) is 9.15. The summed E-state index contributed by atoms with van der Waals surface area (Å²) in [6, 6.07) is 14.9. The first-order valence-electron chi connectivity index (χ1n) is 5.69. The average Bonchev–Trinajstić information content (AvgIpc) is 2.39. The largest absolute Gasteiger partial charge is 0.375 e. The molecule has 0 spiro atoms. The second-order valence-corrected chi connectivity index (χ2v) is 5.49. The van der Waals surface area contributed by atoms with Gasteiger partial charge < -0.3 is 10.6 Å². The fourth-order valence-electron chi connectivity index (χ4n) is 1.54. The van der Waals surface area contributed by atoms with Gasteiger partial charge in [0.05, 0.1) is 6.54 Å². The number of para-hydroxylation sites is 1. The van der Waals surface area contributed by atoms with Crippen LogP contribution in [0.1, 0.15) is 0 Å². The first-order valence-corrected chi connectivity index (χ1v) is 7.14. The summed E-state index contributed by atoms with van der Waals surface area (Å²) < 4.78 is 0.984.